The number of carbonyl (C=O) groups is 2. The molecule has 6 nitrogen and oxygen atoms in total. The number of nitrogens with one attached hydrogen (secondary N) is 2. The molecule has 178 valence electrons. The molecule has 0 fully saturated rings. The van der Waals surface area contributed by atoms with Crippen LogP contribution in [0, 0.1) is 0 Å². The van der Waals surface area contributed by atoms with Crippen molar-refractivity contribution in [3.63, 3.8) is 0 Å². The Hall–Kier alpha value is -3.81. The Morgan fingerprint density at radius 3 is 2.09 bits per heavy atom. The number of Topliss-reactive ketones (excluding diaryl/α,β-unsaturated/α-hetero) is 1. The van der Waals surface area contributed by atoms with Crippen molar-refractivity contribution in [3.8, 4) is 0 Å². The molecule has 0 heterocycles. The molecule has 1 amide bonds. The molecule has 0 spiro atoms. The third kappa shape index (κ3) is 5.82. The van der Waals surface area contributed by atoms with Crippen LogP contribution in [0.1, 0.15) is 51.7 Å². The molecule has 1 unspecified atom stereocenters. The molecule has 35 heavy (non-hydrogen) atoms. The van der Waals surface area contributed by atoms with Crippen LogP contribution < -0.4 is 10.0 Å². The van der Waals surface area contributed by atoms with E-state index < -0.39 is 10.0 Å². The van der Waals surface area contributed by atoms with Crippen molar-refractivity contribution < 1.29 is 18.0 Å². The molecule has 0 bridgehead atoms. The van der Waals surface area contributed by atoms with E-state index in [1.807, 2.05) is 43.3 Å². The third-order valence-electron chi connectivity index (χ3n) is 5.87. The van der Waals surface area contributed by atoms with Gasteiger partial charge in [-0.3, -0.25) is 9.59 Å². The van der Waals surface area contributed by atoms with Gasteiger partial charge in [0.2, 0.25) is 10.0 Å². The third-order valence-corrected chi connectivity index (χ3v) is 7.29. The van der Waals surface area contributed by atoms with Crippen molar-refractivity contribution in [3.05, 3.63) is 113 Å². The molecule has 4 rings (SSSR count). The topological polar surface area (TPSA) is 92.3 Å². The lowest BCUT2D eigenvalue weighted by Gasteiger charge is -2.15. The van der Waals surface area contributed by atoms with Gasteiger partial charge in [-0.1, -0.05) is 60.7 Å². The molecule has 4 aromatic rings. The summed E-state index contributed by atoms with van der Waals surface area (Å²) in [5.41, 5.74) is 2.67. The highest BCUT2D eigenvalue weighted by molar-refractivity contribution is 7.89. The zero-order chi connectivity index (χ0) is 25.0. The van der Waals surface area contributed by atoms with Crippen LogP contribution in [-0.2, 0) is 16.6 Å². The molecule has 0 saturated heterocycles. The van der Waals surface area contributed by atoms with Crippen molar-refractivity contribution in [1.82, 2.24) is 10.0 Å². The van der Waals surface area contributed by atoms with Gasteiger partial charge in [0.05, 0.1) is 10.9 Å². The number of hydrogen-bond donors (Lipinski definition) is 2. The van der Waals surface area contributed by atoms with Gasteiger partial charge in [-0.25, -0.2) is 13.1 Å². The average molecular weight is 487 g/mol. The summed E-state index contributed by atoms with van der Waals surface area (Å²) in [6.07, 6.45) is 0. The molecular formula is C28H26N2O4S. The molecule has 4 aromatic carbocycles. The number of fused-ring (bicyclic) bond motifs is 1. The Labute approximate surface area is 205 Å². The van der Waals surface area contributed by atoms with E-state index in [9.17, 15) is 18.0 Å². The van der Waals surface area contributed by atoms with Crippen molar-refractivity contribution in [2.45, 2.75) is 31.3 Å². The van der Waals surface area contributed by atoms with Crippen LogP contribution in [0.3, 0.4) is 0 Å². The van der Waals surface area contributed by atoms with Crippen LogP contribution in [0.2, 0.25) is 0 Å². The first kappa shape index (κ1) is 24.3. The zero-order valence-corrected chi connectivity index (χ0v) is 20.3. The van der Waals surface area contributed by atoms with Crippen LogP contribution in [0.25, 0.3) is 10.8 Å². The van der Waals surface area contributed by atoms with Crippen molar-refractivity contribution in [2.75, 3.05) is 0 Å². The fraction of sp³-hybridized carbons (Fsp3) is 0.143. The van der Waals surface area contributed by atoms with Crippen LogP contribution in [0.5, 0.6) is 0 Å². The Morgan fingerprint density at radius 2 is 1.43 bits per heavy atom. The second-order valence-corrected chi connectivity index (χ2v) is 10.2. The van der Waals surface area contributed by atoms with Crippen molar-refractivity contribution in [2.24, 2.45) is 0 Å². The minimum absolute atomic E-state index is 0.0756. The lowest BCUT2D eigenvalue weighted by Crippen LogP contribution is -2.26. The Bertz CT molecular complexity index is 1480. The van der Waals surface area contributed by atoms with Crippen LogP contribution >= 0.6 is 0 Å². The minimum Gasteiger partial charge on any atom is -0.346 e. The maximum absolute atomic E-state index is 12.7. The summed E-state index contributed by atoms with van der Waals surface area (Å²) in [4.78, 5) is 24.2. The summed E-state index contributed by atoms with van der Waals surface area (Å²) in [6, 6.07) is 26.6. The van der Waals surface area contributed by atoms with Crippen molar-refractivity contribution >= 4 is 32.5 Å². The number of amides is 1. The molecule has 2 N–H and O–H groups in total. The van der Waals surface area contributed by atoms with Gasteiger partial charge in [-0.05, 0) is 66.1 Å². The molecule has 7 heteroatoms. The largest absolute Gasteiger partial charge is 0.346 e. The van der Waals surface area contributed by atoms with Gasteiger partial charge in [0, 0.05) is 17.7 Å². The fourth-order valence-electron chi connectivity index (χ4n) is 3.74. The lowest BCUT2D eigenvalue weighted by molar-refractivity contribution is 0.0939. The lowest BCUT2D eigenvalue weighted by atomic mass is 10.0. The number of sulfonamides is 1. The normalized spacial score (nSPS) is 12.3. The monoisotopic (exact) mass is 486 g/mol. The number of ketones is 1. The standard InChI is InChI=1S/C28H26N2O4S/c1-19(25-12-11-23-5-3-4-6-26(23)17-25)30-28(32)24-9-7-21(8-10-24)18-29-35(33,34)27-15-13-22(14-16-27)20(2)31/h3-17,19,29H,18H2,1-2H3,(H,30,32). The highest BCUT2D eigenvalue weighted by Crippen LogP contribution is 2.21. The molecule has 0 radical (unpaired) electrons. The maximum Gasteiger partial charge on any atom is 0.251 e. The summed E-state index contributed by atoms with van der Waals surface area (Å²) in [5, 5.41) is 5.28. The van der Waals surface area contributed by atoms with Gasteiger partial charge < -0.3 is 5.32 Å². The van der Waals surface area contributed by atoms with E-state index >= 15 is 0 Å². The van der Waals surface area contributed by atoms with Crippen molar-refractivity contribution in [1.29, 1.82) is 0 Å². The maximum atomic E-state index is 12.7. The predicted octanol–water partition coefficient (Wildman–Crippen LogP) is 5.01. The summed E-state index contributed by atoms with van der Waals surface area (Å²) in [5.74, 6) is -0.332. The van der Waals surface area contributed by atoms with Crippen LogP contribution in [0.4, 0.5) is 0 Å². The summed E-state index contributed by atoms with van der Waals surface area (Å²) < 4.78 is 27.6. The van der Waals surface area contributed by atoms with Crippen LogP contribution in [0.15, 0.2) is 95.9 Å². The second kappa shape index (κ2) is 10.2. The number of benzene rings is 4. The quantitative estimate of drug-likeness (QED) is 0.342. The molecular weight excluding hydrogens is 460 g/mol. The summed E-state index contributed by atoms with van der Waals surface area (Å²) in [7, 11) is -3.73. The van der Waals surface area contributed by atoms with E-state index in [1.165, 1.54) is 31.2 Å². The van der Waals surface area contributed by atoms with E-state index in [2.05, 4.69) is 16.1 Å². The second-order valence-electron chi connectivity index (χ2n) is 8.40. The van der Waals surface area contributed by atoms with E-state index in [4.69, 9.17) is 0 Å². The first-order chi connectivity index (χ1) is 16.7. The van der Waals surface area contributed by atoms with E-state index in [0.717, 1.165) is 16.3 Å². The van der Waals surface area contributed by atoms with Gasteiger partial charge in [-0.2, -0.15) is 0 Å². The number of hydrogen-bond acceptors (Lipinski definition) is 4. The Kier molecular flexibility index (Phi) is 7.10. The fourth-order valence-corrected chi connectivity index (χ4v) is 4.76. The van der Waals surface area contributed by atoms with E-state index in [1.54, 1.807) is 24.3 Å². The zero-order valence-electron chi connectivity index (χ0n) is 19.5. The average Bonchev–Trinajstić information content (AvgIpc) is 2.87. The molecule has 1 atom stereocenters. The minimum atomic E-state index is -3.73. The first-order valence-corrected chi connectivity index (χ1v) is 12.7. The highest BCUT2D eigenvalue weighted by atomic mass is 32.2. The smallest absolute Gasteiger partial charge is 0.251 e. The van der Waals surface area contributed by atoms with Crippen LogP contribution in [-0.4, -0.2) is 20.1 Å². The number of carbonyl (C=O) groups excluding carboxylic acids is 2. The molecule has 0 aromatic heterocycles. The van der Waals surface area contributed by atoms with Gasteiger partial charge in [0.25, 0.3) is 5.91 Å². The van der Waals surface area contributed by atoms with Gasteiger partial charge in [0.15, 0.2) is 5.78 Å². The molecule has 0 aliphatic rings. The highest BCUT2D eigenvalue weighted by Gasteiger charge is 2.15. The first-order valence-electron chi connectivity index (χ1n) is 11.2. The van der Waals surface area contributed by atoms with Gasteiger partial charge in [-0.15, -0.1) is 0 Å². The van der Waals surface area contributed by atoms with Gasteiger partial charge in [0.1, 0.15) is 0 Å². The summed E-state index contributed by atoms with van der Waals surface area (Å²) >= 11 is 0. The Balaban J connectivity index is 1.37. The Morgan fingerprint density at radius 1 is 0.800 bits per heavy atom. The SMILES string of the molecule is CC(=O)c1ccc(S(=O)(=O)NCc2ccc(C(=O)NC(C)c3ccc4ccccc4c3)cc2)cc1. The van der Waals surface area contributed by atoms with Gasteiger partial charge >= 0.3 is 0 Å². The molecule has 0 aliphatic carbocycles. The van der Waals surface area contributed by atoms with E-state index in [-0.39, 0.29) is 29.2 Å². The predicted molar refractivity (Wildman–Crippen MR) is 137 cm³/mol. The number of rotatable bonds is 8. The summed E-state index contributed by atoms with van der Waals surface area (Å²) in [6.45, 7) is 3.44. The molecule has 0 saturated carbocycles. The van der Waals surface area contributed by atoms with E-state index in [0.29, 0.717) is 16.7 Å². The molecule has 0 aliphatic heterocycles.